The molecule has 0 spiro atoms. The van der Waals surface area contributed by atoms with Crippen LogP contribution in [0.2, 0.25) is 0 Å². The number of methoxy groups -OCH3 is 1. The molecule has 0 atom stereocenters. The second kappa shape index (κ2) is 9.54. The van der Waals surface area contributed by atoms with Gasteiger partial charge in [0.2, 0.25) is 0 Å². The van der Waals surface area contributed by atoms with Crippen LogP contribution in [0.5, 0.6) is 11.5 Å². The van der Waals surface area contributed by atoms with Gasteiger partial charge in [-0.1, -0.05) is 0 Å². The molecule has 0 radical (unpaired) electrons. The van der Waals surface area contributed by atoms with Crippen molar-refractivity contribution in [3.05, 3.63) is 23.8 Å². The Labute approximate surface area is 152 Å². The fourth-order valence-electron chi connectivity index (χ4n) is 2.83. The van der Waals surface area contributed by atoms with Crippen molar-refractivity contribution in [3.63, 3.8) is 0 Å². The van der Waals surface area contributed by atoms with Gasteiger partial charge in [0.25, 0.3) is 0 Å². The third-order valence-corrected chi connectivity index (χ3v) is 4.24. The maximum Gasteiger partial charge on any atom is 0.390 e. The van der Waals surface area contributed by atoms with Crippen LogP contribution in [0, 0.1) is 0 Å². The highest BCUT2D eigenvalue weighted by Crippen LogP contribution is 2.30. The van der Waals surface area contributed by atoms with E-state index in [0.29, 0.717) is 18.3 Å². The van der Waals surface area contributed by atoms with Gasteiger partial charge in [-0.15, -0.1) is 0 Å². The summed E-state index contributed by atoms with van der Waals surface area (Å²) in [4.78, 5) is 3.95. The van der Waals surface area contributed by atoms with Crippen LogP contribution in [-0.4, -0.2) is 38.9 Å². The first-order valence-electron chi connectivity index (χ1n) is 8.76. The first kappa shape index (κ1) is 20.2. The van der Waals surface area contributed by atoms with Gasteiger partial charge < -0.3 is 20.1 Å². The Hall–Kier alpha value is -2.12. The lowest BCUT2D eigenvalue weighted by Crippen LogP contribution is -2.38. The number of nitrogens with one attached hydrogen (secondary N) is 2. The Morgan fingerprint density at radius 2 is 1.96 bits per heavy atom. The van der Waals surface area contributed by atoms with Crippen LogP contribution in [0.4, 0.5) is 13.2 Å². The monoisotopic (exact) mass is 373 g/mol. The van der Waals surface area contributed by atoms with Crippen molar-refractivity contribution in [2.24, 2.45) is 4.99 Å². The molecule has 26 heavy (non-hydrogen) atoms. The Balaban J connectivity index is 1.96. The Morgan fingerprint density at radius 3 is 2.58 bits per heavy atom. The minimum absolute atomic E-state index is 0.199. The van der Waals surface area contributed by atoms with E-state index in [1.165, 1.54) is 7.05 Å². The molecule has 5 nitrogen and oxygen atoms in total. The van der Waals surface area contributed by atoms with E-state index in [0.717, 1.165) is 37.0 Å². The van der Waals surface area contributed by atoms with Crippen LogP contribution in [0.3, 0.4) is 0 Å². The minimum Gasteiger partial charge on any atom is -0.497 e. The van der Waals surface area contributed by atoms with Crippen LogP contribution in [0.25, 0.3) is 0 Å². The van der Waals surface area contributed by atoms with E-state index in [1.807, 2.05) is 18.2 Å². The number of benzene rings is 1. The van der Waals surface area contributed by atoms with Crippen molar-refractivity contribution in [2.75, 3.05) is 20.7 Å². The van der Waals surface area contributed by atoms with Gasteiger partial charge in [0.05, 0.1) is 19.6 Å². The zero-order valence-corrected chi connectivity index (χ0v) is 15.2. The van der Waals surface area contributed by atoms with Gasteiger partial charge in [-0.05, 0) is 37.8 Å². The van der Waals surface area contributed by atoms with Crippen molar-refractivity contribution >= 4 is 5.96 Å². The molecule has 2 N–H and O–H groups in total. The summed E-state index contributed by atoms with van der Waals surface area (Å²) in [6, 6.07) is 5.56. The highest BCUT2D eigenvalue weighted by molar-refractivity contribution is 5.79. The van der Waals surface area contributed by atoms with Crippen LogP contribution in [-0.2, 0) is 6.54 Å². The molecule has 2 rings (SSSR count). The molecule has 1 aromatic rings. The molecule has 0 aromatic heterocycles. The Morgan fingerprint density at radius 1 is 1.23 bits per heavy atom. The third-order valence-electron chi connectivity index (χ3n) is 4.24. The number of hydrogen-bond acceptors (Lipinski definition) is 3. The molecule has 0 bridgehead atoms. The van der Waals surface area contributed by atoms with E-state index in [1.54, 1.807) is 7.11 Å². The van der Waals surface area contributed by atoms with Gasteiger partial charge in [-0.2, -0.15) is 13.2 Å². The van der Waals surface area contributed by atoms with Gasteiger partial charge in [0.15, 0.2) is 5.96 Å². The summed E-state index contributed by atoms with van der Waals surface area (Å²) in [5.74, 6) is 1.75. The fraction of sp³-hybridized carbons (Fsp3) is 0.611. The number of rotatable bonds is 7. The molecule has 8 heteroatoms. The molecule has 1 saturated carbocycles. The summed E-state index contributed by atoms with van der Waals surface area (Å²) in [7, 11) is 3.12. The lowest BCUT2D eigenvalue weighted by molar-refractivity contribution is -0.132. The smallest absolute Gasteiger partial charge is 0.390 e. The lowest BCUT2D eigenvalue weighted by atomic mass is 10.2. The van der Waals surface area contributed by atoms with Crippen LogP contribution in [0.1, 0.15) is 37.7 Å². The number of hydrogen-bond donors (Lipinski definition) is 2. The summed E-state index contributed by atoms with van der Waals surface area (Å²) >= 11 is 0. The second-order valence-electron chi connectivity index (χ2n) is 6.22. The molecule has 1 aliphatic carbocycles. The molecule has 0 amide bonds. The second-order valence-corrected chi connectivity index (χ2v) is 6.22. The van der Waals surface area contributed by atoms with E-state index in [-0.39, 0.29) is 12.6 Å². The molecule has 0 unspecified atom stereocenters. The number of aliphatic imine (C=N–C) groups is 1. The standard InChI is InChI=1S/C18H26F3N3O2/c1-22-17(23-10-9-18(19,20)21)24-12-13-7-8-15(25-2)11-16(13)26-14-5-3-4-6-14/h7-8,11,14H,3-6,9-10,12H2,1-2H3,(H2,22,23,24). The zero-order valence-electron chi connectivity index (χ0n) is 15.2. The van der Waals surface area contributed by atoms with E-state index < -0.39 is 12.6 Å². The highest BCUT2D eigenvalue weighted by atomic mass is 19.4. The molecular formula is C18H26F3N3O2. The summed E-state index contributed by atoms with van der Waals surface area (Å²) in [5.41, 5.74) is 0.900. The van der Waals surface area contributed by atoms with Gasteiger partial charge in [0.1, 0.15) is 11.5 Å². The molecular weight excluding hydrogens is 347 g/mol. The number of ether oxygens (including phenoxy) is 2. The largest absolute Gasteiger partial charge is 0.497 e. The van der Waals surface area contributed by atoms with E-state index in [4.69, 9.17) is 9.47 Å². The lowest BCUT2D eigenvalue weighted by Gasteiger charge is -2.19. The van der Waals surface area contributed by atoms with Gasteiger partial charge in [-0.3, -0.25) is 4.99 Å². The third kappa shape index (κ3) is 6.65. The first-order valence-corrected chi connectivity index (χ1v) is 8.76. The maximum atomic E-state index is 12.3. The first-order chi connectivity index (χ1) is 12.4. The quantitative estimate of drug-likeness (QED) is 0.566. The predicted molar refractivity (Wildman–Crippen MR) is 94.8 cm³/mol. The fourth-order valence-corrected chi connectivity index (χ4v) is 2.83. The van der Waals surface area contributed by atoms with Crippen molar-refractivity contribution in [2.45, 2.75) is 50.9 Å². The number of alkyl halides is 3. The summed E-state index contributed by atoms with van der Waals surface area (Å²) in [6.45, 7) is 0.162. The normalized spacial score (nSPS) is 15.8. The highest BCUT2D eigenvalue weighted by Gasteiger charge is 2.26. The number of halogens is 3. The molecule has 0 heterocycles. The summed E-state index contributed by atoms with van der Waals surface area (Å²) in [6.07, 6.45) is -0.507. The molecule has 0 saturated heterocycles. The predicted octanol–water partition coefficient (Wildman–Crippen LogP) is 3.63. The van der Waals surface area contributed by atoms with Crippen molar-refractivity contribution < 1.29 is 22.6 Å². The topological polar surface area (TPSA) is 54.9 Å². The zero-order chi connectivity index (χ0) is 19.0. The van der Waals surface area contributed by atoms with Gasteiger partial charge in [0, 0.05) is 31.8 Å². The SMILES string of the molecule is CN=C(NCCC(F)(F)F)NCc1ccc(OC)cc1OC1CCCC1. The minimum atomic E-state index is -4.19. The summed E-state index contributed by atoms with van der Waals surface area (Å²) < 4.78 is 48.1. The number of guanidine groups is 1. The molecule has 146 valence electrons. The molecule has 1 fully saturated rings. The van der Waals surface area contributed by atoms with E-state index in [9.17, 15) is 13.2 Å². The van der Waals surface area contributed by atoms with Gasteiger partial charge in [-0.25, -0.2) is 0 Å². The average molecular weight is 373 g/mol. The van der Waals surface area contributed by atoms with E-state index >= 15 is 0 Å². The maximum absolute atomic E-state index is 12.3. The Kier molecular flexibility index (Phi) is 7.41. The van der Waals surface area contributed by atoms with Crippen LogP contribution < -0.4 is 20.1 Å². The molecule has 0 aliphatic heterocycles. The Bertz CT molecular complexity index is 600. The van der Waals surface area contributed by atoms with Gasteiger partial charge >= 0.3 is 6.18 Å². The van der Waals surface area contributed by atoms with Crippen molar-refractivity contribution in [1.29, 1.82) is 0 Å². The van der Waals surface area contributed by atoms with Crippen molar-refractivity contribution in [3.8, 4) is 11.5 Å². The van der Waals surface area contributed by atoms with Crippen LogP contribution in [0.15, 0.2) is 23.2 Å². The number of nitrogens with zero attached hydrogens (tertiary/aromatic N) is 1. The van der Waals surface area contributed by atoms with Crippen molar-refractivity contribution in [1.82, 2.24) is 10.6 Å². The van der Waals surface area contributed by atoms with E-state index in [2.05, 4.69) is 15.6 Å². The molecule has 1 aromatic carbocycles. The molecule has 1 aliphatic rings. The summed E-state index contributed by atoms with van der Waals surface area (Å²) in [5, 5.41) is 5.69. The van der Waals surface area contributed by atoms with Crippen LogP contribution >= 0.6 is 0 Å². The average Bonchev–Trinajstić information content (AvgIpc) is 3.10.